The SMILES string of the molecule is O=C1NCc2cc([C@@H]3CN(Cc4cc(F)cc(C(F)(F)F)c4)C(=O)CN3)ccc21. The molecule has 0 bridgehead atoms. The molecule has 0 aromatic heterocycles. The van der Waals surface area contributed by atoms with Gasteiger partial charge in [-0.2, -0.15) is 13.2 Å². The molecule has 152 valence electrons. The van der Waals surface area contributed by atoms with Crippen LogP contribution < -0.4 is 10.6 Å². The van der Waals surface area contributed by atoms with Crippen molar-refractivity contribution >= 4 is 11.8 Å². The Balaban J connectivity index is 1.54. The maximum Gasteiger partial charge on any atom is 0.416 e. The Morgan fingerprint density at radius 3 is 2.62 bits per heavy atom. The topological polar surface area (TPSA) is 61.4 Å². The predicted molar refractivity (Wildman–Crippen MR) is 95.2 cm³/mol. The van der Waals surface area contributed by atoms with Gasteiger partial charge < -0.3 is 10.2 Å². The van der Waals surface area contributed by atoms with Crippen molar-refractivity contribution in [2.24, 2.45) is 0 Å². The number of alkyl halides is 3. The summed E-state index contributed by atoms with van der Waals surface area (Å²) < 4.78 is 52.5. The molecule has 2 aliphatic heterocycles. The van der Waals surface area contributed by atoms with E-state index in [1.165, 1.54) is 4.90 Å². The lowest BCUT2D eigenvalue weighted by Crippen LogP contribution is -2.49. The first-order chi connectivity index (χ1) is 13.7. The van der Waals surface area contributed by atoms with Crippen LogP contribution in [0.2, 0.25) is 0 Å². The highest BCUT2D eigenvalue weighted by atomic mass is 19.4. The summed E-state index contributed by atoms with van der Waals surface area (Å²) in [5, 5.41) is 5.83. The van der Waals surface area contributed by atoms with Gasteiger partial charge in [-0.1, -0.05) is 12.1 Å². The number of nitrogens with one attached hydrogen (secondary N) is 2. The number of amides is 2. The average Bonchev–Trinajstić information content (AvgIpc) is 3.03. The molecule has 0 unspecified atom stereocenters. The number of carbonyl (C=O) groups is 2. The van der Waals surface area contributed by atoms with E-state index in [1.807, 2.05) is 6.07 Å². The smallest absolute Gasteiger partial charge is 0.348 e. The van der Waals surface area contributed by atoms with Crippen LogP contribution in [0.3, 0.4) is 0 Å². The van der Waals surface area contributed by atoms with Crippen molar-refractivity contribution in [3.63, 3.8) is 0 Å². The molecule has 2 aromatic carbocycles. The Morgan fingerprint density at radius 1 is 1.07 bits per heavy atom. The zero-order valence-electron chi connectivity index (χ0n) is 15.1. The van der Waals surface area contributed by atoms with Gasteiger partial charge in [0, 0.05) is 25.2 Å². The van der Waals surface area contributed by atoms with Crippen molar-refractivity contribution in [1.82, 2.24) is 15.5 Å². The molecule has 2 aromatic rings. The van der Waals surface area contributed by atoms with Crippen molar-refractivity contribution in [3.05, 3.63) is 70.0 Å². The minimum Gasteiger partial charge on any atom is -0.348 e. The molecule has 2 N–H and O–H groups in total. The molecule has 0 spiro atoms. The molecule has 9 heteroatoms. The second-order valence-electron chi connectivity index (χ2n) is 7.15. The summed E-state index contributed by atoms with van der Waals surface area (Å²) in [6.07, 6.45) is -4.66. The van der Waals surface area contributed by atoms with Gasteiger partial charge in [0.15, 0.2) is 0 Å². The Labute approximate surface area is 163 Å². The van der Waals surface area contributed by atoms with E-state index in [1.54, 1.807) is 12.1 Å². The summed E-state index contributed by atoms with van der Waals surface area (Å²) in [5.41, 5.74) is 1.33. The molecule has 5 nitrogen and oxygen atoms in total. The van der Waals surface area contributed by atoms with Gasteiger partial charge in [-0.25, -0.2) is 4.39 Å². The molecule has 2 heterocycles. The van der Waals surface area contributed by atoms with Crippen LogP contribution in [0.1, 0.15) is 38.7 Å². The molecule has 0 aliphatic carbocycles. The van der Waals surface area contributed by atoms with E-state index in [0.29, 0.717) is 18.2 Å². The van der Waals surface area contributed by atoms with Crippen LogP contribution in [0, 0.1) is 5.82 Å². The summed E-state index contributed by atoms with van der Waals surface area (Å²) in [4.78, 5) is 25.4. The Kier molecular flexibility index (Phi) is 4.77. The van der Waals surface area contributed by atoms with Gasteiger partial charge in [-0.3, -0.25) is 14.9 Å². The highest BCUT2D eigenvalue weighted by Crippen LogP contribution is 2.31. The van der Waals surface area contributed by atoms with Gasteiger partial charge in [-0.05, 0) is 41.0 Å². The van der Waals surface area contributed by atoms with Crippen LogP contribution >= 0.6 is 0 Å². The third-order valence-corrected chi connectivity index (χ3v) is 5.13. The third kappa shape index (κ3) is 3.95. The number of hydrogen-bond donors (Lipinski definition) is 2. The summed E-state index contributed by atoms with van der Waals surface area (Å²) in [7, 11) is 0. The maximum atomic E-state index is 13.7. The fourth-order valence-electron chi connectivity index (χ4n) is 3.68. The van der Waals surface area contributed by atoms with Gasteiger partial charge in [0.1, 0.15) is 5.82 Å². The van der Waals surface area contributed by atoms with Crippen molar-refractivity contribution in [1.29, 1.82) is 0 Å². The van der Waals surface area contributed by atoms with Crippen LogP contribution in [-0.2, 0) is 24.1 Å². The van der Waals surface area contributed by atoms with E-state index >= 15 is 0 Å². The number of rotatable bonds is 3. The lowest BCUT2D eigenvalue weighted by atomic mass is 9.99. The Hall–Kier alpha value is -2.94. The minimum absolute atomic E-state index is 0.0143. The fourth-order valence-corrected chi connectivity index (χ4v) is 3.68. The Bertz CT molecular complexity index is 990. The molecule has 29 heavy (non-hydrogen) atoms. The second-order valence-corrected chi connectivity index (χ2v) is 7.15. The van der Waals surface area contributed by atoms with Gasteiger partial charge in [0.25, 0.3) is 5.91 Å². The number of benzene rings is 2. The molecule has 1 saturated heterocycles. The van der Waals surface area contributed by atoms with Gasteiger partial charge >= 0.3 is 6.18 Å². The van der Waals surface area contributed by atoms with Gasteiger partial charge in [-0.15, -0.1) is 0 Å². The van der Waals surface area contributed by atoms with Crippen LogP contribution in [-0.4, -0.2) is 29.8 Å². The van der Waals surface area contributed by atoms with Crippen LogP contribution in [0.4, 0.5) is 17.6 Å². The molecule has 2 amide bonds. The molecular weight excluding hydrogens is 390 g/mol. The van der Waals surface area contributed by atoms with Crippen molar-refractivity contribution < 1.29 is 27.2 Å². The highest BCUT2D eigenvalue weighted by Gasteiger charge is 2.32. The van der Waals surface area contributed by atoms with Crippen LogP contribution in [0.5, 0.6) is 0 Å². The van der Waals surface area contributed by atoms with Gasteiger partial charge in [0.05, 0.1) is 18.2 Å². The third-order valence-electron chi connectivity index (χ3n) is 5.13. The van der Waals surface area contributed by atoms with Crippen molar-refractivity contribution in [3.8, 4) is 0 Å². The number of carbonyl (C=O) groups excluding carboxylic acids is 2. The monoisotopic (exact) mass is 407 g/mol. The van der Waals surface area contributed by atoms with E-state index < -0.39 is 17.6 Å². The second kappa shape index (κ2) is 7.14. The minimum atomic E-state index is -4.66. The molecule has 4 rings (SSSR count). The highest BCUT2D eigenvalue weighted by molar-refractivity contribution is 5.98. The van der Waals surface area contributed by atoms with E-state index in [2.05, 4.69) is 10.6 Å². The van der Waals surface area contributed by atoms with Gasteiger partial charge in [0.2, 0.25) is 5.91 Å². The Morgan fingerprint density at radius 2 is 1.86 bits per heavy atom. The normalized spacial score (nSPS) is 19.3. The average molecular weight is 407 g/mol. The largest absolute Gasteiger partial charge is 0.416 e. The van der Waals surface area contributed by atoms with E-state index in [4.69, 9.17) is 0 Å². The molecule has 1 fully saturated rings. The number of piperazine rings is 1. The zero-order chi connectivity index (χ0) is 20.8. The molecule has 2 aliphatic rings. The maximum absolute atomic E-state index is 13.7. The van der Waals surface area contributed by atoms with Crippen LogP contribution in [0.15, 0.2) is 36.4 Å². The summed E-state index contributed by atoms with van der Waals surface area (Å²) in [6.45, 7) is 0.543. The van der Waals surface area contributed by atoms with E-state index in [-0.39, 0.29) is 43.1 Å². The lowest BCUT2D eigenvalue weighted by molar-refractivity contribution is -0.137. The molecule has 0 radical (unpaired) electrons. The number of hydrogen-bond acceptors (Lipinski definition) is 3. The van der Waals surface area contributed by atoms with Crippen molar-refractivity contribution in [2.75, 3.05) is 13.1 Å². The number of nitrogens with zero attached hydrogens (tertiary/aromatic N) is 1. The number of halogens is 4. The summed E-state index contributed by atoms with van der Waals surface area (Å²) in [5.74, 6) is -1.41. The first-order valence-corrected chi connectivity index (χ1v) is 8.99. The fraction of sp³-hybridized carbons (Fsp3) is 0.300. The first-order valence-electron chi connectivity index (χ1n) is 8.99. The molecular formula is C20H17F4N3O2. The summed E-state index contributed by atoms with van der Waals surface area (Å²) in [6, 6.07) is 7.45. The number of fused-ring (bicyclic) bond motifs is 1. The summed E-state index contributed by atoms with van der Waals surface area (Å²) >= 11 is 0. The van der Waals surface area contributed by atoms with E-state index in [9.17, 15) is 27.2 Å². The first kappa shape index (κ1) is 19.4. The van der Waals surface area contributed by atoms with Crippen molar-refractivity contribution in [2.45, 2.75) is 25.3 Å². The lowest BCUT2D eigenvalue weighted by Gasteiger charge is -2.34. The van der Waals surface area contributed by atoms with E-state index in [0.717, 1.165) is 23.3 Å². The van der Waals surface area contributed by atoms with Crippen LogP contribution in [0.25, 0.3) is 0 Å². The molecule has 1 atom stereocenters. The predicted octanol–water partition coefficient (Wildman–Crippen LogP) is 2.76. The standard InChI is InChI=1S/C20H17F4N3O2/c21-15-4-11(3-14(6-15)20(22,23)24)9-27-10-17(25-8-18(27)28)12-1-2-16-13(5-12)7-26-19(16)29/h1-6,17,25H,7-10H2,(H,26,29)/t17-/m0/s1. The molecule has 0 saturated carbocycles. The quantitative estimate of drug-likeness (QED) is 0.770. The zero-order valence-corrected chi connectivity index (χ0v) is 15.1.